The lowest BCUT2D eigenvalue weighted by Gasteiger charge is -2.32. The number of hydrogen-bond acceptors (Lipinski definition) is 3. The van der Waals surface area contributed by atoms with E-state index in [1.54, 1.807) is 0 Å². The van der Waals surface area contributed by atoms with Crippen molar-refractivity contribution in [1.29, 1.82) is 0 Å². The molecule has 1 aliphatic rings. The highest BCUT2D eigenvalue weighted by atomic mass is 16.5. The van der Waals surface area contributed by atoms with E-state index in [1.807, 2.05) is 0 Å². The minimum Gasteiger partial charge on any atom is -0.493 e. The first-order valence-electron chi connectivity index (χ1n) is 8.28. The maximum atomic E-state index is 6.06. The van der Waals surface area contributed by atoms with Crippen molar-refractivity contribution in [2.45, 2.75) is 52.7 Å². The molecular formula is C18H29NO2. The van der Waals surface area contributed by atoms with Crippen molar-refractivity contribution >= 4 is 0 Å². The lowest BCUT2D eigenvalue weighted by Crippen LogP contribution is -2.38. The van der Waals surface area contributed by atoms with Crippen LogP contribution in [0.1, 0.15) is 51.3 Å². The Balaban J connectivity index is 2.33. The Bertz CT molecular complexity index is 445. The Labute approximate surface area is 129 Å². The second kappa shape index (κ2) is 7.81. The zero-order valence-electron chi connectivity index (χ0n) is 13.8. The fourth-order valence-electron chi connectivity index (χ4n) is 3.05. The average Bonchev–Trinajstić information content (AvgIpc) is 2.95. The van der Waals surface area contributed by atoms with Gasteiger partial charge in [0.15, 0.2) is 0 Å². The first kappa shape index (κ1) is 16.3. The van der Waals surface area contributed by atoms with Crippen LogP contribution < -0.4 is 10.1 Å². The summed E-state index contributed by atoms with van der Waals surface area (Å²) in [6, 6.07) is 6.70. The maximum absolute atomic E-state index is 6.06. The van der Waals surface area contributed by atoms with Crippen molar-refractivity contribution in [2.24, 2.45) is 5.92 Å². The Hall–Kier alpha value is -1.06. The van der Waals surface area contributed by atoms with Gasteiger partial charge < -0.3 is 14.8 Å². The van der Waals surface area contributed by atoms with Gasteiger partial charge in [-0.2, -0.15) is 0 Å². The van der Waals surface area contributed by atoms with E-state index in [1.165, 1.54) is 11.1 Å². The predicted octanol–water partition coefficient (Wildman–Crippen LogP) is 3.72. The normalized spacial score (nSPS) is 16.6. The van der Waals surface area contributed by atoms with E-state index >= 15 is 0 Å². The molecule has 0 saturated heterocycles. The fraction of sp³-hybridized carbons (Fsp3) is 0.667. The molecular weight excluding hydrogens is 262 g/mol. The van der Waals surface area contributed by atoms with Gasteiger partial charge in [0, 0.05) is 18.6 Å². The topological polar surface area (TPSA) is 30.5 Å². The molecule has 2 unspecified atom stereocenters. The molecule has 1 aliphatic heterocycles. The van der Waals surface area contributed by atoms with Crippen LogP contribution in [0.15, 0.2) is 18.2 Å². The highest BCUT2D eigenvalue weighted by molar-refractivity contribution is 5.46. The molecule has 0 saturated carbocycles. The van der Waals surface area contributed by atoms with Crippen molar-refractivity contribution in [1.82, 2.24) is 5.32 Å². The summed E-state index contributed by atoms with van der Waals surface area (Å²) in [6.45, 7) is 11.2. The molecule has 0 fully saturated rings. The Morgan fingerprint density at radius 2 is 2.10 bits per heavy atom. The minimum atomic E-state index is 0.164. The van der Waals surface area contributed by atoms with Gasteiger partial charge in [-0.1, -0.05) is 39.0 Å². The summed E-state index contributed by atoms with van der Waals surface area (Å²) in [7, 11) is 0. The molecule has 118 valence electrons. The summed E-state index contributed by atoms with van der Waals surface area (Å²) in [6.07, 6.45) is 2.30. The summed E-state index contributed by atoms with van der Waals surface area (Å²) in [5, 5.41) is 3.68. The van der Waals surface area contributed by atoms with Crippen molar-refractivity contribution in [2.75, 3.05) is 19.8 Å². The van der Waals surface area contributed by atoms with Gasteiger partial charge in [0.1, 0.15) is 5.75 Å². The lowest BCUT2D eigenvalue weighted by atomic mass is 9.91. The number of para-hydroxylation sites is 1. The predicted molar refractivity (Wildman–Crippen MR) is 86.9 cm³/mol. The molecule has 2 rings (SSSR count). The van der Waals surface area contributed by atoms with Gasteiger partial charge in [0.25, 0.3) is 0 Å². The summed E-state index contributed by atoms with van der Waals surface area (Å²) < 4.78 is 12.0. The van der Waals surface area contributed by atoms with Crippen LogP contribution in [0.3, 0.4) is 0 Å². The van der Waals surface area contributed by atoms with Crippen LogP contribution in [0.4, 0.5) is 0 Å². The van der Waals surface area contributed by atoms with Gasteiger partial charge in [-0.25, -0.2) is 0 Å². The van der Waals surface area contributed by atoms with E-state index in [-0.39, 0.29) is 12.1 Å². The second-order valence-electron chi connectivity index (χ2n) is 6.03. The molecule has 0 radical (unpaired) electrons. The van der Waals surface area contributed by atoms with Gasteiger partial charge in [-0.05, 0) is 31.4 Å². The largest absolute Gasteiger partial charge is 0.493 e. The van der Waals surface area contributed by atoms with Crippen molar-refractivity contribution in [3.63, 3.8) is 0 Å². The van der Waals surface area contributed by atoms with Gasteiger partial charge in [0.05, 0.1) is 18.8 Å². The molecule has 1 aromatic rings. The van der Waals surface area contributed by atoms with Gasteiger partial charge in [-0.15, -0.1) is 0 Å². The molecule has 3 heteroatoms. The molecule has 0 aromatic heterocycles. The van der Waals surface area contributed by atoms with E-state index in [9.17, 15) is 0 Å². The Morgan fingerprint density at radius 3 is 2.76 bits per heavy atom. The van der Waals surface area contributed by atoms with Gasteiger partial charge in [0.2, 0.25) is 0 Å². The van der Waals surface area contributed by atoms with Crippen LogP contribution >= 0.6 is 0 Å². The van der Waals surface area contributed by atoms with Crippen LogP contribution in [0.2, 0.25) is 0 Å². The van der Waals surface area contributed by atoms with E-state index in [2.05, 4.69) is 51.2 Å². The SMILES string of the molecule is CCCNC(c1cccc2c1OCC2)C(OCC)C(C)C. The van der Waals surface area contributed by atoms with Crippen LogP contribution in [-0.4, -0.2) is 25.9 Å². The number of fused-ring (bicyclic) bond motifs is 1. The van der Waals surface area contributed by atoms with Gasteiger partial charge >= 0.3 is 0 Å². The molecule has 1 N–H and O–H groups in total. The van der Waals surface area contributed by atoms with E-state index in [4.69, 9.17) is 9.47 Å². The van der Waals surface area contributed by atoms with Crippen molar-refractivity contribution in [3.8, 4) is 5.75 Å². The van der Waals surface area contributed by atoms with Crippen LogP contribution in [0.25, 0.3) is 0 Å². The van der Waals surface area contributed by atoms with E-state index in [0.29, 0.717) is 5.92 Å². The lowest BCUT2D eigenvalue weighted by molar-refractivity contribution is 0.00231. The van der Waals surface area contributed by atoms with E-state index < -0.39 is 0 Å². The van der Waals surface area contributed by atoms with Crippen LogP contribution in [0.5, 0.6) is 5.75 Å². The number of rotatable bonds is 8. The highest BCUT2D eigenvalue weighted by Gasteiger charge is 2.30. The summed E-state index contributed by atoms with van der Waals surface area (Å²) in [4.78, 5) is 0. The number of benzene rings is 1. The minimum absolute atomic E-state index is 0.164. The number of nitrogens with one attached hydrogen (secondary N) is 1. The van der Waals surface area contributed by atoms with Crippen molar-refractivity contribution < 1.29 is 9.47 Å². The monoisotopic (exact) mass is 291 g/mol. The quantitative estimate of drug-likeness (QED) is 0.792. The molecule has 2 atom stereocenters. The second-order valence-corrected chi connectivity index (χ2v) is 6.03. The standard InChI is InChI=1S/C18H29NO2/c1-5-11-19-16(17(13(3)4)20-6-2)15-9-7-8-14-10-12-21-18(14)15/h7-9,13,16-17,19H,5-6,10-12H2,1-4H3. The molecule has 1 aromatic carbocycles. The van der Waals surface area contributed by atoms with Gasteiger partial charge in [-0.3, -0.25) is 0 Å². The van der Waals surface area contributed by atoms with Crippen LogP contribution in [0, 0.1) is 5.92 Å². The first-order chi connectivity index (χ1) is 10.2. The van der Waals surface area contributed by atoms with Crippen molar-refractivity contribution in [3.05, 3.63) is 29.3 Å². The molecule has 3 nitrogen and oxygen atoms in total. The third kappa shape index (κ3) is 3.78. The average molecular weight is 291 g/mol. The molecule has 0 spiro atoms. The zero-order chi connectivity index (χ0) is 15.2. The maximum Gasteiger partial charge on any atom is 0.127 e. The summed E-state index contributed by atoms with van der Waals surface area (Å²) in [5.74, 6) is 1.54. The van der Waals surface area contributed by atoms with Crippen LogP contribution in [-0.2, 0) is 11.2 Å². The Kier molecular flexibility index (Phi) is 6.07. The molecule has 1 heterocycles. The smallest absolute Gasteiger partial charge is 0.127 e. The third-order valence-corrected chi connectivity index (χ3v) is 4.04. The summed E-state index contributed by atoms with van der Waals surface area (Å²) in [5.41, 5.74) is 2.58. The van der Waals surface area contributed by atoms with E-state index in [0.717, 1.165) is 38.3 Å². The fourth-order valence-corrected chi connectivity index (χ4v) is 3.05. The number of ether oxygens (including phenoxy) is 2. The number of hydrogen-bond donors (Lipinski definition) is 1. The molecule has 0 bridgehead atoms. The first-order valence-corrected chi connectivity index (χ1v) is 8.28. The Morgan fingerprint density at radius 1 is 1.29 bits per heavy atom. The zero-order valence-corrected chi connectivity index (χ0v) is 13.8. The molecule has 0 amide bonds. The highest BCUT2D eigenvalue weighted by Crippen LogP contribution is 2.36. The summed E-state index contributed by atoms with van der Waals surface area (Å²) >= 11 is 0. The molecule has 21 heavy (non-hydrogen) atoms. The third-order valence-electron chi connectivity index (χ3n) is 4.04. The molecule has 0 aliphatic carbocycles.